The van der Waals surface area contributed by atoms with Gasteiger partial charge in [0.2, 0.25) is 5.91 Å². The van der Waals surface area contributed by atoms with E-state index in [1.54, 1.807) is 4.68 Å². The normalized spacial score (nSPS) is 18.0. The molecular weight excluding hydrogens is 304 g/mol. The summed E-state index contributed by atoms with van der Waals surface area (Å²) in [7, 11) is 0. The average Bonchev–Trinajstić information content (AvgIpc) is 3.01. The number of rotatable bonds is 6. The maximum Gasteiger partial charge on any atom is 0.248 e. The number of nitrogens with two attached hydrogens (primary N) is 1. The van der Waals surface area contributed by atoms with Gasteiger partial charge < -0.3 is 10.6 Å². The molecule has 1 aliphatic heterocycles. The Morgan fingerprint density at radius 1 is 1.29 bits per heavy atom. The highest BCUT2D eigenvalue weighted by molar-refractivity contribution is 5.80. The van der Waals surface area contributed by atoms with Crippen molar-refractivity contribution in [1.82, 2.24) is 24.8 Å². The molecule has 0 bridgehead atoms. The van der Waals surface area contributed by atoms with Crippen LogP contribution < -0.4 is 5.73 Å². The Balaban J connectivity index is 1.98. The molecule has 24 heavy (non-hydrogen) atoms. The average molecular weight is 336 g/mol. The van der Waals surface area contributed by atoms with Gasteiger partial charge in [0.05, 0.1) is 5.69 Å². The minimum Gasteiger partial charge on any atom is -0.338 e. The maximum atomic E-state index is 12.8. The third-order valence-corrected chi connectivity index (χ3v) is 4.71. The quantitative estimate of drug-likeness (QED) is 0.840. The Hall–Kier alpha value is -1.47. The van der Waals surface area contributed by atoms with E-state index in [0.29, 0.717) is 0 Å². The summed E-state index contributed by atoms with van der Waals surface area (Å²) in [6.45, 7) is 12.3. The van der Waals surface area contributed by atoms with Crippen molar-refractivity contribution in [1.29, 1.82) is 0 Å². The molecule has 2 rings (SSSR count). The first-order chi connectivity index (χ1) is 11.4. The number of aromatic nitrogens is 3. The topological polar surface area (TPSA) is 80.3 Å². The van der Waals surface area contributed by atoms with Gasteiger partial charge in [-0.2, -0.15) is 0 Å². The summed E-state index contributed by atoms with van der Waals surface area (Å²) in [5, 5.41) is 8.31. The van der Waals surface area contributed by atoms with Gasteiger partial charge in [-0.3, -0.25) is 9.69 Å². The summed E-state index contributed by atoms with van der Waals surface area (Å²) in [6.07, 6.45) is 4.96. The monoisotopic (exact) mass is 336 g/mol. The first-order valence-corrected chi connectivity index (χ1v) is 9.01. The minimum absolute atomic E-state index is 0.0537. The molecule has 0 spiro atoms. The third-order valence-electron chi connectivity index (χ3n) is 4.71. The van der Waals surface area contributed by atoms with Gasteiger partial charge in [-0.15, -0.1) is 5.10 Å². The van der Waals surface area contributed by atoms with E-state index >= 15 is 0 Å². The second-order valence-electron chi connectivity index (χ2n) is 7.53. The van der Waals surface area contributed by atoms with Crippen molar-refractivity contribution in [2.75, 3.05) is 32.7 Å². The number of nitrogens with zero attached hydrogens (tertiary/aromatic N) is 5. The van der Waals surface area contributed by atoms with E-state index in [1.807, 2.05) is 11.1 Å². The van der Waals surface area contributed by atoms with E-state index in [1.165, 1.54) is 0 Å². The molecule has 136 valence electrons. The Bertz CT molecular complexity index is 527. The van der Waals surface area contributed by atoms with Crippen molar-refractivity contribution in [2.45, 2.75) is 58.5 Å². The van der Waals surface area contributed by atoms with Gasteiger partial charge in [0, 0.05) is 44.5 Å². The van der Waals surface area contributed by atoms with Gasteiger partial charge in [-0.1, -0.05) is 18.6 Å². The molecule has 0 saturated carbocycles. The van der Waals surface area contributed by atoms with Crippen LogP contribution in [0.1, 0.15) is 52.3 Å². The van der Waals surface area contributed by atoms with Gasteiger partial charge in [0.25, 0.3) is 0 Å². The Morgan fingerprint density at radius 3 is 2.50 bits per heavy atom. The van der Waals surface area contributed by atoms with E-state index < -0.39 is 6.04 Å². The van der Waals surface area contributed by atoms with Crippen LogP contribution in [0.15, 0.2) is 6.20 Å². The molecule has 2 heterocycles. The Labute approximate surface area is 145 Å². The lowest BCUT2D eigenvalue weighted by Gasteiger charge is -2.42. The van der Waals surface area contributed by atoms with Gasteiger partial charge in [-0.05, 0) is 33.6 Å². The highest BCUT2D eigenvalue weighted by Crippen LogP contribution is 2.18. The largest absolute Gasteiger partial charge is 0.338 e. The SMILES string of the molecule is CCCCc1cn([C@@H](CN)C(=O)N2CCN(C(C)(C)C)CC2)nn1. The number of amides is 1. The lowest BCUT2D eigenvalue weighted by atomic mass is 10.0. The molecular formula is C17H32N6O. The number of unbranched alkanes of at least 4 members (excludes halogenated alkanes) is 1. The van der Waals surface area contributed by atoms with Crippen LogP contribution >= 0.6 is 0 Å². The van der Waals surface area contributed by atoms with E-state index in [-0.39, 0.29) is 18.0 Å². The van der Waals surface area contributed by atoms with Crippen LogP contribution in [-0.2, 0) is 11.2 Å². The molecule has 0 aliphatic carbocycles. The molecule has 0 unspecified atom stereocenters. The summed E-state index contributed by atoms with van der Waals surface area (Å²) in [6, 6.07) is -0.450. The summed E-state index contributed by atoms with van der Waals surface area (Å²) in [4.78, 5) is 17.2. The van der Waals surface area contributed by atoms with E-state index in [0.717, 1.165) is 51.1 Å². The molecule has 0 aromatic carbocycles. The molecule has 1 aromatic heterocycles. The summed E-state index contributed by atoms with van der Waals surface area (Å²) in [5.74, 6) is 0.0537. The molecule has 7 heteroatoms. The van der Waals surface area contributed by atoms with Crippen LogP contribution in [0, 0.1) is 0 Å². The standard InChI is InChI=1S/C17H32N6O/c1-5-6-7-14-13-23(20-19-14)15(12-18)16(24)21-8-10-22(11-9-21)17(2,3)4/h13,15H,5-12,18H2,1-4H3/t15-/m0/s1. The molecule has 1 saturated heterocycles. The lowest BCUT2D eigenvalue weighted by molar-refractivity contribution is -0.137. The van der Waals surface area contributed by atoms with Crippen LogP contribution in [-0.4, -0.2) is 69.0 Å². The Kier molecular flexibility index (Phi) is 6.34. The highest BCUT2D eigenvalue weighted by Gasteiger charge is 2.31. The third kappa shape index (κ3) is 4.54. The number of hydrogen-bond acceptors (Lipinski definition) is 5. The first-order valence-electron chi connectivity index (χ1n) is 9.01. The van der Waals surface area contributed by atoms with Gasteiger partial charge >= 0.3 is 0 Å². The summed E-state index contributed by atoms with van der Waals surface area (Å²) < 4.78 is 1.64. The van der Waals surface area contributed by atoms with Crippen LogP contribution in [0.5, 0.6) is 0 Å². The van der Waals surface area contributed by atoms with Crippen molar-refractivity contribution in [3.05, 3.63) is 11.9 Å². The van der Waals surface area contributed by atoms with E-state index in [4.69, 9.17) is 5.73 Å². The number of piperazine rings is 1. The molecule has 2 N–H and O–H groups in total. The van der Waals surface area contributed by atoms with Gasteiger partial charge in [0.15, 0.2) is 0 Å². The minimum atomic E-state index is -0.450. The van der Waals surface area contributed by atoms with Crippen molar-refractivity contribution in [2.24, 2.45) is 5.73 Å². The number of carbonyl (C=O) groups is 1. The summed E-state index contributed by atoms with van der Waals surface area (Å²) >= 11 is 0. The molecule has 1 aliphatic rings. The van der Waals surface area contributed by atoms with Crippen molar-refractivity contribution >= 4 is 5.91 Å². The zero-order valence-corrected chi connectivity index (χ0v) is 15.5. The number of aryl methyl sites for hydroxylation is 1. The predicted octanol–water partition coefficient (Wildman–Crippen LogP) is 1.06. The molecule has 1 amide bonds. The fourth-order valence-electron chi connectivity index (χ4n) is 3.07. The van der Waals surface area contributed by atoms with Crippen molar-refractivity contribution < 1.29 is 4.79 Å². The van der Waals surface area contributed by atoms with Crippen LogP contribution in [0.25, 0.3) is 0 Å². The molecule has 1 aromatic rings. The van der Waals surface area contributed by atoms with E-state index in [2.05, 4.69) is 42.9 Å². The second-order valence-corrected chi connectivity index (χ2v) is 7.53. The van der Waals surface area contributed by atoms with Crippen LogP contribution in [0.3, 0.4) is 0 Å². The van der Waals surface area contributed by atoms with Gasteiger partial charge in [-0.25, -0.2) is 4.68 Å². The van der Waals surface area contributed by atoms with Crippen LogP contribution in [0.4, 0.5) is 0 Å². The van der Waals surface area contributed by atoms with Crippen molar-refractivity contribution in [3.8, 4) is 0 Å². The predicted molar refractivity (Wildman–Crippen MR) is 94.6 cm³/mol. The molecule has 1 fully saturated rings. The lowest BCUT2D eigenvalue weighted by Crippen LogP contribution is -2.56. The van der Waals surface area contributed by atoms with Crippen LogP contribution in [0.2, 0.25) is 0 Å². The molecule has 0 radical (unpaired) electrons. The summed E-state index contributed by atoms with van der Waals surface area (Å²) in [5.41, 5.74) is 6.94. The first kappa shape index (κ1) is 18.9. The fraction of sp³-hybridized carbons (Fsp3) is 0.824. The Morgan fingerprint density at radius 2 is 1.96 bits per heavy atom. The van der Waals surface area contributed by atoms with Crippen molar-refractivity contribution in [3.63, 3.8) is 0 Å². The smallest absolute Gasteiger partial charge is 0.248 e. The highest BCUT2D eigenvalue weighted by atomic mass is 16.2. The molecule has 1 atom stereocenters. The maximum absolute atomic E-state index is 12.8. The second kappa shape index (κ2) is 8.07. The molecule has 7 nitrogen and oxygen atoms in total. The van der Waals surface area contributed by atoms with E-state index in [9.17, 15) is 4.79 Å². The van der Waals surface area contributed by atoms with Gasteiger partial charge in [0.1, 0.15) is 6.04 Å². The zero-order chi connectivity index (χ0) is 17.7. The number of hydrogen-bond donors (Lipinski definition) is 1. The fourth-order valence-corrected chi connectivity index (χ4v) is 3.07. The zero-order valence-electron chi connectivity index (χ0n) is 15.5. The number of carbonyl (C=O) groups excluding carboxylic acids is 1.